The minimum atomic E-state index is 0. The first-order valence-corrected chi connectivity index (χ1v) is 11.9. The van der Waals surface area contributed by atoms with Crippen LogP contribution >= 0.6 is 24.0 Å². The van der Waals surface area contributed by atoms with E-state index in [1.807, 2.05) is 11.7 Å². The van der Waals surface area contributed by atoms with Crippen LogP contribution in [0, 0.1) is 0 Å². The predicted molar refractivity (Wildman–Crippen MR) is 134 cm³/mol. The molecule has 31 heavy (non-hydrogen) atoms. The Hall–Kier alpha value is -0.940. The van der Waals surface area contributed by atoms with Crippen LogP contribution in [-0.2, 0) is 24.3 Å². The molecule has 0 spiro atoms. The number of halogens is 1. The van der Waals surface area contributed by atoms with Gasteiger partial charge in [-0.15, -0.1) is 24.0 Å². The number of ether oxygens (including phenoxy) is 1. The second kappa shape index (κ2) is 11.8. The van der Waals surface area contributed by atoms with Crippen molar-refractivity contribution in [3.63, 3.8) is 0 Å². The minimum Gasteiger partial charge on any atom is -0.377 e. The third kappa shape index (κ3) is 6.10. The van der Waals surface area contributed by atoms with Gasteiger partial charge in [0.15, 0.2) is 11.8 Å². The molecule has 2 fully saturated rings. The summed E-state index contributed by atoms with van der Waals surface area (Å²) in [6, 6.07) is 0.318. The molecule has 1 saturated heterocycles. The van der Waals surface area contributed by atoms with E-state index in [1.54, 1.807) is 7.11 Å². The monoisotopic (exact) mass is 545 g/mol. The number of aliphatic imine (C=N–C) groups is 1. The Morgan fingerprint density at radius 2 is 1.90 bits per heavy atom. The first-order chi connectivity index (χ1) is 14.7. The molecule has 0 radical (unpaired) electrons. The normalized spacial score (nSPS) is 24.2. The summed E-state index contributed by atoms with van der Waals surface area (Å²) in [5.41, 5.74) is 0.303. The van der Waals surface area contributed by atoms with Crippen molar-refractivity contribution in [2.45, 2.75) is 88.9 Å². The van der Waals surface area contributed by atoms with Crippen LogP contribution in [0.1, 0.15) is 69.4 Å². The SMILES string of the molecule is CN=C(NCC1(N2CCCCC2)CCCCC1)NC1CCc2nc(COC)nn2C1.I. The zero-order chi connectivity index (χ0) is 20.8. The number of rotatable bonds is 6. The van der Waals surface area contributed by atoms with Gasteiger partial charge in [-0.2, -0.15) is 5.10 Å². The van der Waals surface area contributed by atoms with E-state index in [2.05, 4.69) is 30.6 Å². The summed E-state index contributed by atoms with van der Waals surface area (Å²) in [6.07, 6.45) is 12.8. The molecular weight excluding hydrogens is 505 g/mol. The molecular formula is C22H40IN7O. The third-order valence-electron chi connectivity index (χ3n) is 7.14. The van der Waals surface area contributed by atoms with Crippen molar-refractivity contribution >= 4 is 29.9 Å². The lowest BCUT2D eigenvalue weighted by atomic mass is 9.79. The van der Waals surface area contributed by atoms with Gasteiger partial charge in [-0.3, -0.25) is 9.89 Å². The standard InChI is InChI=1S/C22H39N7O.HI/c1-23-21(25-18-9-10-20-26-19(16-30-2)27-29(20)15-18)24-17-22(11-5-3-6-12-22)28-13-7-4-8-14-28;/h18H,3-17H2,1-2H3,(H2,23,24,25);1H. The molecule has 9 heteroatoms. The van der Waals surface area contributed by atoms with E-state index >= 15 is 0 Å². The smallest absolute Gasteiger partial charge is 0.191 e. The highest BCUT2D eigenvalue weighted by molar-refractivity contribution is 14.0. The maximum atomic E-state index is 5.18. The van der Waals surface area contributed by atoms with Crippen molar-refractivity contribution in [3.8, 4) is 0 Å². The van der Waals surface area contributed by atoms with Crippen molar-refractivity contribution in [1.82, 2.24) is 30.3 Å². The van der Waals surface area contributed by atoms with Gasteiger partial charge in [0.1, 0.15) is 12.4 Å². The number of likely N-dealkylation sites (tertiary alicyclic amines) is 1. The van der Waals surface area contributed by atoms with Crippen LogP contribution in [0.2, 0.25) is 0 Å². The van der Waals surface area contributed by atoms with E-state index in [0.717, 1.165) is 43.5 Å². The van der Waals surface area contributed by atoms with E-state index in [4.69, 9.17) is 4.74 Å². The van der Waals surface area contributed by atoms with Crippen molar-refractivity contribution in [2.24, 2.45) is 4.99 Å². The molecule has 0 bridgehead atoms. The fourth-order valence-corrected chi connectivity index (χ4v) is 5.49. The first-order valence-electron chi connectivity index (χ1n) is 11.9. The molecule has 2 N–H and O–H groups in total. The highest BCUT2D eigenvalue weighted by Gasteiger charge is 2.38. The lowest BCUT2D eigenvalue weighted by molar-refractivity contribution is 0.0367. The molecule has 1 aliphatic carbocycles. The molecule has 1 aromatic rings. The van der Waals surface area contributed by atoms with Crippen LogP contribution < -0.4 is 10.6 Å². The Balaban J connectivity index is 0.00000272. The number of nitrogens with one attached hydrogen (secondary N) is 2. The number of guanidine groups is 1. The van der Waals surface area contributed by atoms with Crippen LogP contribution in [0.15, 0.2) is 4.99 Å². The molecule has 2 aliphatic heterocycles. The number of nitrogens with zero attached hydrogens (tertiary/aromatic N) is 5. The Morgan fingerprint density at radius 1 is 1.16 bits per heavy atom. The van der Waals surface area contributed by atoms with Crippen molar-refractivity contribution < 1.29 is 4.74 Å². The molecule has 1 saturated carbocycles. The van der Waals surface area contributed by atoms with Crippen LogP contribution in [0.4, 0.5) is 0 Å². The summed E-state index contributed by atoms with van der Waals surface area (Å²) in [5, 5.41) is 11.9. The van der Waals surface area contributed by atoms with Gasteiger partial charge in [0.25, 0.3) is 0 Å². The van der Waals surface area contributed by atoms with Crippen molar-refractivity contribution in [2.75, 3.05) is 33.8 Å². The Labute approximate surface area is 204 Å². The minimum absolute atomic E-state index is 0. The highest BCUT2D eigenvalue weighted by Crippen LogP contribution is 2.35. The summed E-state index contributed by atoms with van der Waals surface area (Å²) >= 11 is 0. The predicted octanol–water partition coefficient (Wildman–Crippen LogP) is 2.71. The van der Waals surface area contributed by atoms with Crippen molar-refractivity contribution in [3.05, 3.63) is 11.6 Å². The van der Waals surface area contributed by atoms with Crippen molar-refractivity contribution in [1.29, 1.82) is 0 Å². The summed E-state index contributed by atoms with van der Waals surface area (Å²) in [6.45, 7) is 4.81. The molecule has 3 aliphatic rings. The van der Waals surface area contributed by atoms with E-state index in [1.165, 1.54) is 64.5 Å². The molecule has 1 aromatic heterocycles. The first kappa shape index (κ1) is 24.7. The van der Waals surface area contributed by atoms with Gasteiger partial charge in [0.05, 0.1) is 6.54 Å². The number of fused-ring (bicyclic) bond motifs is 1. The summed E-state index contributed by atoms with van der Waals surface area (Å²) in [5.74, 6) is 2.76. The molecule has 1 atom stereocenters. The largest absolute Gasteiger partial charge is 0.377 e. The van der Waals surface area contributed by atoms with E-state index in [9.17, 15) is 0 Å². The summed E-state index contributed by atoms with van der Waals surface area (Å²) < 4.78 is 7.20. The number of hydrogen-bond donors (Lipinski definition) is 2. The average molecular weight is 546 g/mol. The second-order valence-electron chi connectivity index (χ2n) is 9.20. The van der Waals surface area contributed by atoms with Gasteiger partial charge < -0.3 is 15.4 Å². The van der Waals surface area contributed by atoms with Gasteiger partial charge in [-0.25, -0.2) is 9.67 Å². The van der Waals surface area contributed by atoms with Gasteiger partial charge in [0, 0.05) is 38.7 Å². The zero-order valence-electron chi connectivity index (χ0n) is 19.2. The van der Waals surface area contributed by atoms with Gasteiger partial charge in [0.2, 0.25) is 0 Å². The summed E-state index contributed by atoms with van der Waals surface area (Å²) in [7, 11) is 3.56. The molecule has 0 aromatic carbocycles. The van der Waals surface area contributed by atoms with Crippen LogP contribution in [0.25, 0.3) is 0 Å². The third-order valence-corrected chi connectivity index (χ3v) is 7.14. The molecule has 176 valence electrons. The van der Waals surface area contributed by atoms with E-state index in [0.29, 0.717) is 18.2 Å². The Bertz CT molecular complexity index is 711. The van der Waals surface area contributed by atoms with E-state index in [-0.39, 0.29) is 24.0 Å². The lowest BCUT2D eigenvalue weighted by Gasteiger charge is -2.48. The average Bonchev–Trinajstić information content (AvgIpc) is 3.20. The zero-order valence-corrected chi connectivity index (χ0v) is 21.6. The molecule has 4 rings (SSSR count). The molecule has 3 heterocycles. The Morgan fingerprint density at radius 3 is 2.61 bits per heavy atom. The molecule has 8 nitrogen and oxygen atoms in total. The maximum absolute atomic E-state index is 5.18. The second-order valence-corrected chi connectivity index (χ2v) is 9.20. The quantitative estimate of drug-likeness (QED) is 0.325. The topological polar surface area (TPSA) is 79.6 Å². The number of aryl methyl sites for hydroxylation is 1. The van der Waals surface area contributed by atoms with Gasteiger partial charge in [-0.05, 0) is 45.2 Å². The lowest BCUT2D eigenvalue weighted by Crippen LogP contribution is -2.59. The fraction of sp³-hybridized carbons (Fsp3) is 0.864. The molecule has 0 amide bonds. The number of hydrogen-bond acceptors (Lipinski definition) is 5. The van der Waals surface area contributed by atoms with Crippen LogP contribution in [0.5, 0.6) is 0 Å². The number of aromatic nitrogens is 3. The molecule has 1 unspecified atom stereocenters. The highest BCUT2D eigenvalue weighted by atomic mass is 127. The fourth-order valence-electron chi connectivity index (χ4n) is 5.49. The Kier molecular flexibility index (Phi) is 9.39. The maximum Gasteiger partial charge on any atom is 0.191 e. The van der Waals surface area contributed by atoms with Crippen LogP contribution in [-0.4, -0.2) is 71.0 Å². The summed E-state index contributed by atoms with van der Waals surface area (Å²) in [4.78, 5) is 11.9. The number of piperidine rings is 1. The van der Waals surface area contributed by atoms with Gasteiger partial charge in [-0.1, -0.05) is 25.7 Å². The number of methoxy groups -OCH3 is 1. The van der Waals surface area contributed by atoms with E-state index < -0.39 is 0 Å². The van der Waals surface area contributed by atoms with Crippen LogP contribution in [0.3, 0.4) is 0 Å². The van der Waals surface area contributed by atoms with Gasteiger partial charge >= 0.3 is 0 Å².